The molecular weight excluding hydrogens is 276 g/mol. The molecular formula is C7H6Br2O2. The normalized spacial score (nSPS) is 11.2. The number of halogens is 2. The molecule has 1 N–H and O–H groups in total. The van der Waals surface area contributed by atoms with Gasteiger partial charge in [0.2, 0.25) is 0 Å². The number of aliphatic hydroxyl groups is 1. The lowest BCUT2D eigenvalue weighted by Crippen LogP contribution is -1.69. The van der Waals surface area contributed by atoms with E-state index in [0.717, 1.165) is 4.47 Å². The van der Waals surface area contributed by atoms with Crippen molar-refractivity contribution in [3.63, 3.8) is 0 Å². The fourth-order valence-electron chi connectivity index (χ4n) is 0.614. The Morgan fingerprint density at radius 3 is 2.73 bits per heavy atom. The molecule has 0 bridgehead atoms. The standard InChI is InChI=1S/C7H6Br2O2/c8-6-4-5(2-1-3-10)11-7(6)9/h1-2,4,10H,3H2/b2-1+. The lowest BCUT2D eigenvalue weighted by atomic mass is 10.4. The van der Waals surface area contributed by atoms with Gasteiger partial charge < -0.3 is 9.52 Å². The van der Waals surface area contributed by atoms with Crippen LogP contribution in [-0.2, 0) is 0 Å². The van der Waals surface area contributed by atoms with Gasteiger partial charge in [-0.25, -0.2) is 0 Å². The van der Waals surface area contributed by atoms with E-state index in [4.69, 9.17) is 9.52 Å². The van der Waals surface area contributed by atoms with Crippen LogP contribution >= 0.6 is 31.9 Å². The Morgan fingerprint density at radius 1 is 1.55 bits per heavy atom. The van der Waals surface area contributed by atoms with Crippen molar-refractivity contribution < 1.29 is 9.52 Å². The monoisotopic (exact) mass is 280 g/mol. The van der Waals surface area contributed by atoms with Gasteiger partial charge >= 0.3 is 0 Å². The maximum absolute atomic E-state index is 8.45. The summed E-state index contributed by atoms with van der Waals surface area (Å²) in [4.78, 5) is 0. The molecule has 1 aromatic heterocycles. The predicted molar refractivity (Wildman–Crippen MR) is 50.2 cm³/mol. The third kappa shape index (κ3) is 2.47. The number of hydrogen-bond acceptors (Lipinski definition) is 2. The molecule has 0 radical (unpaired) electrons. The zero-order chi connectivity index (χ0) is 8.27. The van der Waals surface area contributed by atoms with E-state index in [2.05, 4.69) is 31.9 Å². The molecule has 0 saturated heterocycles. The van der Waals surface area contributed by atoms with E-state index < -0.39 is 0 Å². The largest absolute Gasteiger partial charge is 0.449 e. The highest BCUT2D eigenvalue weighted by Crippen LogP contribution is 2.27. The Balaban J connectivity index is 2.80. The first-order valence-electron chi connectivity index (χ1n) is 2.96. The van der Waals surface area contributed by atoms with Crippen LogP contribution in [0.15, 0.2) is 25.7 Å². The van der Waals surface area contributed by atoms with Crippen LogP contribution in [0.3, 0.4) is 0 Å². The molecule has 1 heterocycles. The van der Waals surface area contributed by atoms with Crippen LogP contribution in [-0.4, -0.2) is 11.7 Å². The van der Waals surface area contributed by atoms with Gasteiger partial charge in [0.15, 0.2) is 4.67 Å². The summed E-state index contributed by atoms with van der Waals surface area (Å²) in [6.45, 7) is 0.0237. The molecule has 0 aliphatic heterocycles. The van der Waals surface area contributed by atoms with Gasteiger partial charge in [-0.3, -0.25) is 0 Å². The van der Waals surface area contributed by atoms with Gasteiger partial charge in [0.25, 0.3) is 0 Å². The van der Waals surface area contributed by atoms with Crippen molar-refractivity contribution in [2.45, 2.75) is 0 Å². The summed E-state index contributed by atoms with van der Waals surface area (Å²) in [5, 5.41) is 8.45. The summed E-state index contributed by atoms with van der Waals surface area (Å²) < 4.78 is 6.72. The molecule has 0 aromatic carbocycles. The van der Waals surface area contributed by atoms with Crippen molar-refractivity contribution in [3.8, 4) is 0 Å². The third-order valence-electron chi connectivity index (χ3n) is 1.05. The van der Waals surface area contributed by atoms with Crippen LogP contribution < -0.4 is 0 Å². The lowest BCUT2D eigenvalue weighted by molar-refractivity contribution is 0.343. The van der Waals surface area contributed by atoms with E-state index in [1.165, 1.54) is 0 Å². The Hall–Kier alpha value is -0.0600. The fraction of sp³-hybridized carbons (Fsp3) is 0.143. The zero-order valence-corrected chi connectivity index (χ0v) is 8.72. The molecule has 0 spiro atoms. The first-order chi connectivity index (χ1) is 5.24. The molecule has 0 unspecified atom stereocenters. The van der Waals surface area contributed by atoms with Crippen LogP contribution in [0.1, 0.15) is 5.76 Å². The summed E-state index contributed by atoms with van der Waals surface area (Å²) in [5.74, 6) is 0.706. The summed E-state index contributed by atoms with van der Waals surface area (Å²) in [6.07, 6.45) is 3.31. The van der Waals surface area contributed by atoms with Gasteiger partial charge in [-0.15, -0.1) is 0 Å². The van der Waals surface area contributed by atoms with Gasteiger partial charge in [-0.1, -0.05) is 6.08 Å². The molecule has 1 rings (SSSR count). The molecule has 0 aliphatic carbocycles. The van der Waals surface area contributed by atoms with E-state index in [1.807, 2.05) is 6.07 Å². The van der Waals surface area contributed by atoms with Crippen molar-refractivity contribution in [1.82, 2.24) is 0 Å². The SMILES string of the molecule is OC/C=C/c1cc(Br)c(Br)o1. The zero-order valence-electron chi connectivity index (χ0n) is 5.55. The minimum absolute atomic E-state index is 0.0237. The fourth-order valence-corrected chi connectivity index (χ4v) is 1.22. The van der Waals surface area contributed by atoms with Gasteiger partial charge in [0.1, 0.15) is 5.76 Å². The maximum Gasteiger partial charge on any atom is 0.184 e. The van der Waals surface area contributed by atoms with Crippen molar-refractivity contribution >= 4 is 37.9 Å². The highest BCUT2D eigenvalue weighted by atomic mass is 79.9. The summed E-state index contributed by atoms with van der Waals surface area (Å²) in [6, 6.07) is 1.82. The second kappa shape index (κ2) is 4.09. The van der Waals surface area contributed by atoms with E-state index in [-0.39, 0.29) is 6.61 Å². The summed E-state index contributed by atoms with van der Waals surface area (Å²) in [5.41, 5.74) is 0. The first kappa shape index (κ1) is 9.03. The van der Waals surface area contributed by atoms with Crippen LogP contribution in [0, 0.1) is 0 Å². The molecule has 0 aliphatic rings. The molecule has 2 nitrogen and oxygen atoms in total. The van der Waals surface area contributed by atoms with Crippen molar-refractivity contribution in [2.24, 2.45) is 0 Å². The lowest BCUT2D eigenvalue weighted by Gasteiger charge is -1.81. The average molecular weight is 282 g/mol. The molecule has 4 heteroatoms. The molecule has 1 aromatic rings. The van der Waals surface area contributed by atoms with Crippen LogP contribution in [0.5, 0.6) is 0 Å². The first-order valence-corrected chi connectivity index (χ1v) is 4.55. The van der Waals surface area contributed by atoms with Crippen molar-refractivity contribution in [1.29, 1.82) is 0 Å². The molecule has 0 atom stereocenters. The minimum atomic E-state index is 0.0237. The highest BCUT2D eigenvalue weighted by molar-refractivity contribution is 9.13. The van der Waals surface area contributed by atoms with Gasteiger partial charge in [-0.05, 0) is 44.0 Å². The smallest absolute Gasteiger partial charge is 0.184 e. The van der Waals surface area contributed by atoms with Gasteiger partial charge in [-0.2, -0.15) is 0 Å². The Morgan fingerprint density at radius 2 is 2.27 bits per heavy atom. The molecule has 0 amide bonds. The topological polar surface area (TPSA) is 33.4 Å². The van der Waals surface area contributed by atoms with Crippen LogP contribution in [0.25, 0.3) is 6.08 Å². The summed E-state index contributed by atoms with van der Waals surface area (Å²) in [7, 11) is 0. The van der Waals surface area contributed by atoms with E-state index in [0.29, 0.717) is 10.4 Å². The Bertz CT molecular complexity index is 246. The highest BCUT2D eigenvalue weighted by Gasteiger charge is 2.01. The minimum Gasteiger partial charge on any atom is -0.449 e. The molecule has 60 valence electrons. The Kier molecular flexibility index (Phi) is 3.36. The Labute approximate surface area is 81.2 Å². The van der Waals surface area contributed by atoms with E-state index in [9.17, 15) is 0 Å². The van der Waals surface area contributed by atoms with Crippen molar-refractivity contribution in [3.05, 3.63) is 27.0 Å². The predicted octanol–water partition coefficient (Wildman–Crippen LogP) is 2.81. The second-order valence-corrected chi connectivity index (χ2v) is 3.43. The number of furan rings is 1. The quantitative estimate of drug-likeness (QED) is 0.904. The molecule has 11 heavy (non-hydrogen) atoms. The number of rotatable bonds is 2. The number of aliphatic hydroxyl groups excluding tert-OH is 1. The average Bonchev–Trinajstić information content (AvgIpc) is 2.28. The maximum atomic E-state index is 8.45. The number of hydrogen-bond donors (Lipinski definition) is 1. The van der Waals surface area contributed by atoms with Crippen molar-refractivity contribution in [2.75, 3.05) is 6.61 Å². The molecule has 0 saturated carbocycles. The van der Waals surface area contributed by atoms with E-state index in [1.54, 1.807) is 12.2 Å². The summed E-state index contributed by atoms with van der Waals surface area (Å²) >= 11 is 6.47. The van der Waals surface area contributed by atoms with E-state index >= 15 is 0 Å². The second-order valence-electron chi connectivity index (χ2n) is 1.86. The van der Waals surface area contributed by atoms with Gasteiger partial charge in [0.05, 0.1) is 11.1 Å². The van der Waals surface area contributed by atoms with Gasteiger partial charge in [0, 0.05) is 0 Å². The van der Waals surface area contributed by atoms with Crippen LogP contribution in [0.4, 0.5) is 0 Å². The molecule has 0 fully saturated rings. The van der Waals surface area contributed by atoms with Crippen LogP contribution in [0.2, 0.25) is 0 Å². The third-order valence-corrected chi connectivity index (χ3v) is 2.76.